The number of amides is 1. The molecule has 146 valence electrons. The van der Waals surface area contributed by atoms with E-state index in [9.17, 15) is 4.79 Å². The highest BCUT2D eigenvalue weighted by Crippen LogP contribution is 2.34. The molecular formula is C22H20ClN5O. The van der Waals surface area contributed by atoms with Crippen molar-refractivity contribution in [3.8, 4) is 11.1 Å². The van der Waals surface area contributed by atoms with E-state index in [-0.39, 0.29) is 12.3 Å². The first-order valence-corrected chi connectivity index (χ1v) is 9.51. The third-order valence-electron chi connectivity index (χ3n) is 4.89. The molecule has 2 aromatic heterocycles. The van der Waals surface area contributed by atoms with Gasteiger partial charge < -0.3 is 15.6 Å². The van der Waals surface area contributed by atoms with Crippen molar-refractivity contribution < 1.29 is 4.79 Å². The molecule has 0 atom stereocenters. The Morgan fingerprint density at radius 1 is 1.17 bits per heavy atom. The lowest BCUT2D eigenvalue weighted by Gasteiger charge is -2.10. The minimum atomic E-state index is -0.118. The Labute approximate surface area is 173 Å². The molecule has 0 saturated heterocycles. The summed E-state index contributed by atoms with van der Waals surface area (Å²) in [6.45, 7) is 2.00. The highest BCUT2D eigenvalue weighted by atomic mass is 35.5. The van der Waals surface area contributed by atoms with E-state index in [1.807, 2.05) is 61.1 Å². The van der Waals surface area contributed by atoms with E-state index in [1.54, 1.807) is 6.07 Å². The SMILES string of the molecule is Cc1cc(NC(=O)Cc2ccccc2Cl)ccc1-c1cn(C)c2ncnc(N)c12. The second-order valence-electron chi connectivity index (χ2n) is 6.96. The van der Waals surface area contributed by atoms with Crippen molar-refractivity contribution in [3.63, 3.8) is 0 Å². The number of benzene rings is 2. The van der Waals surface area contributed by atoms with Crippen LogP contribution < -0.4 is 11.1 Å². The van der Waals surface area contributed by atoms with Crippen LogP contribution in [0.1, 0.15) is 11.1 Å². The minimum Gasteiger partial charge on any atom is -0.383 e. The highest BCUT2D eigenvalue weighted by molar-refractivity contribution is 6.31. The van der Waals surface area contributed by atoms with Crippen LogP contribution in [0.3, 0.4) is 0 Å². The van der Waals surface area contributed by atoms with Crippen molar-refractivity contribution in [2.75, 3.05) is 11.1 Å². The monoisotopic (exact) mass is 405 g/mol. The van der Waals surface area contributed by atoms with Gasteiger partial charge in [-0.05, 0) is 41.8 Å². The van der Waals surface area contributed by atoms with Crippen LogP contribution in [0.4, 0.5) is 11.5 Å². The second kappa shape index (κ2) is 7.56. The number of fused-ring (bicyclic) bond motifs is 1. The van der Waals surface area contributed by atoms with Gasteiger partial charge in [-0.1, -0.05) is 35.9 Å². The lowest BCUT2D eigenvalue weighted by atomic mass is 10.00. The van der Waals surface area contributed by atoms with Gasteiger partial charge in [-0.3, -0.25) is 4.79 Å². The summed E-state index contributed by atoms with van der Waals surface area (Å²) < 4.78 is 1.93. The maximum absolute atomic E-state index is 12.4. The van der Waals surface area contributed by atoms with E-state index in [4.69, 9.17) is 17.3 Å². The predicted molar refractivity (Wildman–Crippen MR) is 117 cm³/mol. The number of anilines is 2. The van der Waals surface area contributed by atoms with Crippen molar-refractivity contribution in [1.82, 2.24) is 14.5 Å². The zero-order valence-corrected chi connectivity index (χ0v) is 16.9. The number of hydrogen-bond acceptors (Lipinski definition) is 4. The van der Waals surface area contributed by atoms with E-state index in [2.05, 4.69) is 15.3 Å². The molecule has 29 heavy (non-hydrogen) atoms. The smallest absolute Gasteiger partial charge is 0.228 e. The van der Waals surface area contributed by atoms with E-state index in [0.29, 0.717) is 10.8 Å². The third kappa shape index (κ3) is 3.67. The zero-order valence-electron chi connectivity index (χ0n) is 16.1. The van der Waals surface area contributed by atoms with E-state index < -0.39 is 0 Å². The summed E-state index contributed by atoms with van der Waals surface area (Å²) in [5.74, 6) is 0.329. The Balaban J connectivity index is 1.61. The van der Waals surface area contributed by atoms with E-state index >= 15 is 0 Å². The Bertz CT molecular complexity index is 1230. The normalized spacial score (nSPS) is 11.0. The number of hydrogen-bond donors (Lipinski definition) is 2. The van der Waals surface area contributed by atoms with Crippen LogP contribution in [-0.2, 0) is 18.3 Å². The predicted octanol–water partition coefficient (Wildman–Crippen LogP) is 4.36. The Kier molecular flexibility index (Phi) is 4.94. The molecule has 3 N–H and O–H groups in total. The molecule has 0 aliphatic heterocycles. The number of nitrogen functional groups attached to an aromatic ring is 1. The van der Waals surface area contributed by atoms with Crippen LogP contribution >= 0.6 is 11.6 Å². The number of nitrogens with zero attached hydrogens (tertiary/aromatic N) is 3. The summed E-state index contributed by atoms with van der Waals surface area (Å²) in [5, 5.41) is 4.35. The van der Waals surface area contributed by atoms with Crippen LogP contribution in [0.15, 0.2) is 55.0 Å². The molecule has 0 fully saturated rings. The number of nitrogens with one attached hydrogen (secondary N) is 1. The summed E-state index contributed by atoms with van der Waals surface area (Å²) in [7, 11) is 1.93. The molecule has 1 amide bonds. The maximum Gasteiger partial charge on any atom is 0.228 e. The highest BCUT2D eigenvalue weighted by Gasteiger charge is 2.15. The molecule has 0 saturated carbocycles. The Morgan fingerprint density at radius 2 is 1.97 bits per heavy atom. The minimum absolute atomic E-state index is 0.118. The summed E-state index contributed by atoms with van der Waals surface area (Å²) >= 11 is 6.15. The molecule has 0 bridgehead atoms. The molecule has 0 aliphatic carbocycles. The van der Waals surface area contributed by atoms with Gasteiger partial charge in [0.2, 0.25) is 5.91 Å². The number of carbonyl (C=O) groups excluding carboxylic acids is 1. The van der Waals surface area contributed by atoms with Gasteiger partial charge in [0.15, 0.2) is 0 Å². The first-order chi connectivity index (χ1) is 13.9. The largest absolute Gasteiger partial charge is 0.383 e. The van der Waals surface area contributed by atoms with Crippen LogP contribution in [0, 0.1) is 6.92 Å². The molecule has 0 aliphatic rings. The molecule has 6 nitrogen and oxygen atoms in total. The number of aryl methyl sites for hydroxylation is 2. The molecule has 2 heterocycles. The fourth-order valence-electron chi connectivity index (χ4n) is 3.50. The lowest BCUT2D eigenvalue weighted by Crippen LogP contribution is -2.14. The number of nitrogens with two attached hydrogens (primary N) is 1. The molecule has 0 spiro atoms. The quantitative estimate of drug-likeness (QED) is 0.528. The molecule has 2 aromatic carbocycles. The summed E-state index contributed by atoms with van der Waals surface area (Å²) in [5.41, 5.74) is 11.4. The second-order valence-corrected chi connectivity index (χ2v) is 7.36. The first-order valence-electron chi connectivity index (χ1n) is 9.14. The van der Waals surface area contributed by atoms with Crippen LogP contribution in [0.2, 0.25) is 5.02 Å². The standard InChI is InChI=1S/C22H20ClN5O/c1-13-9-15(27-19(29)10-14-5-3-4-6-18(14)23)7-8-16(13)17-11-28(2)22-20(17)21(24)25-12-26-22/h3-9,11-12H,10H2,1-2H3,(H,27,29)(H2,24,25,26). The topological polar surface area (TPSA) is 85.8 Å². The summed E-state index contributed by atoms with van der Waals surface area (Å²) in [6.07, 6.45) is 3.68. The van der Waals surface area contributed by atoms with Gasteiger partial charge in [0.1, 0.15) is 17.8 Å². The molecule has 4 aromatic rings. The van der Waals surface area contributed by atoms with Gasteiger partial charge in [0.25, 0.3) is 0 Å². The number of halogens is 1. The Morgan fingerprint density at radius 3 is 2.72 bits per heavy atom. The van der Waals surface area contributed by atoms with Crippen molar-refractivity contribution in [3.05, 3.63) is 71.1 Å². The molecular weight excluding hydrogens is 386 g/mol. The first kappa shape index (κ1) is 19.0. The fraction of sp³-hybridized carbons (Fsp3) is 0.136. The van der Waals surface area contributed by atoms with E-state index in [1.165, 1.54) is 6.33 Å². The van der Waals surface area contributed by atoms with Gasteiger partial charge in [-0.25, -0.2) is 9.97 Å². The fourth-order valence-corrected chi connectivity index (χ4v) is 3.70. The van der Waals surface area contributed by atoms with Crippen molar-refractivity contribution in [2.24, 2.45) is 7.05 Å². The van der Waals surface area contributed by atoms with Crippen molar-refractivity contribution >= 4 is 40.0 Å². The maximum atomic E-state index is 12.4. The number of carbonyl (C=O) groups is 1. The molecule has 7 heteroatoms. The third-order valence-corrected chi connectivity index (χ3v) is 5.26. The summed E-state index contributed by atoms with van der Waals surface area (Å²) in [4.78, 5) is 20.9. The van der Waals surface area contributed by atoms with Gasteiger partial charge in [0, 0.05) is 29.5 Å². The number of rotatable bonds is 4. The van der Waals surface area contributed by atoms with Gasteiger partial charge in [0.05, 0.1) is 11.8 Å². The van der Waals surface area contributed by atoms with Crippen LogP contribution in [0.25, 0.3) is 22.2 Å². The molecule has 0 unspecified atom stereocenters. The van der Waals surface area contributed by atoms with Crippen LogP contribution in [0.5, 0.6) is 0 Å². The number of aromatic nitrogens is 3. The van der Waals surface area contributed by atoms with Gasteiger partial charge >= 0.3 is 0 Å². The lowest BCUT2D eigenvalue weighted by molar-refractivity contribution is -0.115. The zero-order chi connectivity index (χ0) is 20.5. The Hall–Kier alpha value is -3.38. The average molecular weight is 406 g/mol. The molecule has 0 radical (unpaired) electrons. The summed E-state index contributed by atoms with van der Waals surface area (Å²) in [6, 6.07) is 13.1. The molecule has 4 rings (SSSR count). The van der Waals surface area contributed by atoms with Gasteiger partial charge in [-0.2, -0.15) is 0 Å². The van der Waals surface area contributed by atoms with Crippen LogP contribution in [-0.4, -0.2) is 20.4 Å². The van der Waals surface area contributed by atoms with Crippen molar-refractivity contribution in [1.29, 1.82) is 0 Å². The van der Waals surface area contributed by atoms with Crippen molar-refractivity contribution in [2.45, 2.75) is 13.3 Å². The van der Waals surface area contributed by atoms with E-state index in [0.717, 1.165) is 39.0 Å². The average Bonchev–Trinajstić information content (AvgIpc) is 3.02. The van der Waals surface area contributed by atoms with Gasteiger partial charge in [-0.15, -0.1) is 0 Å².